The van der Waals surface area contributed by atoms with Crippen molar-refractivity contribution in [2.24, 2.45) is 0 Å². The standard InChI is InChI=1S/C18H16Cl2N2O2/c19-14-8-13(9-15(20)11-14)17(23)21-16-5-3-4-12(10-16)18(24)22-6-1-2-7-22/h3-5,8-11H,1-2,6-7H2,(H,21,23). The minimum atomic E-state index is -0.329. The molecule has 0 aromatic heterocycles. The van der Waals surface area contributed by atoms with Crippen molar-refractivity contribution in [2.75, 3.05) is 18.4 Å². The van der Waals surface area contributed by atoms with Gasteiger partial charge < -0.3 is 10.2 Å². The molecule has 2 aromatic carbocycles. The number of benzene rings is 2. The monoisotopic (exact) mass is 362 g/mol. The maximum Gasteiger partial charge on any atom is 0.255 e. The Hall–Kier alpha value is -2.04. The molecule has 0 radical (unpaired) electrons. The molecule has 0 unspecified atom stereocenters. The highest BCUT2D eigenvalue weighted by Crippen LogP contribution is 2.21. The number of carbonyl (C=O) groups is 2. The van der Waals surface area contributed by atoms with Crippen molar-refractivity contribution >= 4 is 40.7 Å². The Labute approximate surface area is 150 Å². The molecular formula is C18H16Cl2N2O2. The summed E-state index contributed by atoms with van der Waals surface area (Å²) in [7, 11) is 0. The van der Waals surface area contributed by atoms with Crippen LogP contribution in [0.25, 0.3) is 0 Å². The van der Waals surface area contributed by atoms with Crippen LogP contribution < -0.4 is 5.32 Å². The molecule has 24 heavy (non-hydrogen) atoms. The van der Waals surface area contributed by atoms with Gasteiger partial charge >= 0.3 is 0 Å². The largest absolute Gasteiger partial charge is 0.339 e. The van der Waals surface area contributed by atoms with Crippen molar-refractivity contribution in [3.8, 4) is 0 Å². The number of rotatable bonds is 3. The van der Waals surface area contributed by atoms with Gasteiger partial charge in [-0.15, -0.1) is 0 Å². The van der Waals surface area contributed by atoms with Gasteiger partial charge in [0.15, 0.2) is 0 Å². The Kier molecular flexibility index (Phi) is 5.07. The lowest BCUT2D eigenvalue weighted by Gasteiger charge is -2.15. The molecule has 2 amide bonds. The van der Waals surface area contributed by atoms with Crippen LogP contribution >= 0.6 is 23.2 Å². The number of nitrogens with zero attached hydrogens (tertiary/aromatic N) is 1. The van der Waals surface area contributed by atoms with E-state index in [2.05, 4.69) is 5.32 Å². The normalized spacial score (nSPS) is 13.8. The van der Waals surface area contributed by atoms with Crippen LogP contribution in [0.1, 0.15) is 33.6 Å². The SMILES string of the molecule is O=C(Nc1cccc(C(=O)N2CCCC2)c1)c1cc(Cl)cc(Cl)c1. The Morgan fingerprint density at radius 1 is 0.917 bits per heavy atom. The molecule has 1 aliphatic heterocycles. The molecule has 0 bridgehead atoms. The molecule has 0 spiro atoms. The lowest BCUT2D eigenvalue weighted by atomic mass is 10.1. The zero-order valence-electron chi connectivity index (χ0n) is 12.9. The average Bonchev–Trinajstić information content (AvgIpc) is 3.08. The van der Waals surface area contributed by atoms with Gasteiger partial charge in [0.25, 0.3) is 11.8 Å². The summed E-state index contributed by atoms with van der Waals surface area (Å²) < 4.78 is 0. The highest BCUT2D eigenvalue weighted by molar-refractivity contribution is 6.35. The van der Waals surface area contributed by atoms with E-state index in [1.54, 1.807) is 42.5 Å². The van der Waals surface area contributed by atoms with Crippen LogP contribution in [-0.2, 0) is 0 Å². The number of anilines is 1. The van der Waals surface area contributed by atoms with E-state index in [0.717, 1.165) is 25.9 Å². The van der Waals surface area contributed by atoms with Gasteiger partial charge in [-0.2, -0.15) is 0 Å². The van der Waals surface area contributed by atoms with E-state index in [9.17, 15) is 9.59 Å². The Balaban J connectivity index is 1.76. The van der Waals surface area contributed by atoms with E-state index in [1.165, 1.54) is 0 Å². The van der Waals surface area contributed by atoms with Crippen molar-refractivity contribution in [3.63, 3.8) is 0 Å². The molecule has 124 valence electrons. The van der Waals surface area contributed by atoms with Crippen LogP contribution in [0.2, 0.25) is 10.0 Å². The predicted molar refractivity (Wildman–Crippen MR) is 96.0 cm³/mol. The van der Waals surface area contributed by atoms with Crippen LogP contribution in [0.3, 0.4) is 0 Å². The summed E-state index contributed by atoms with van der Waals surface area (Å²) in [6.45, 7) is 1.58. The minimum Gasteiger partial charge on any atom is -0.339 e. The minimum absolute atomic E-state index is 0.00519. The Morgan fingerprint density at radius 3 is 2.25 bits per heavy atom. The summed E-state index contributed by atoms with van der Waals surface area (Å²) in [5, 5.41) is 3.56. The van der Waals surface area contributed by atoms with Gasteiger partial charge in [0.05, 0.1) is 0 Å². The van der Waals surface area contributed by atoms with Crippen LogP contribution in [0.5, 0.6) is 0 Å². The summed E-state index contributed by atoms with van der Waals surface area (Å²) in [5.74, 6) is -0.334. The highest BCUT2D eigenvalue weighted by atomic mass is 35.5. The van der Waals surface area contributed by atoms with E-state index in [0.29, 0.717) is 26.9 Å². The molecule has 0 atom stereocenters. The predicted octanol–water partition coefficient (Wildman–Crippen LogP) is 4.48. The zero-order chi connectivity index (χ0) is 17.1. The van der Waals surface area contributed by atoms with Gasteiger partial charge in [0.1, 0.15) is 0 Å². The third-order valence-corrected chi connectivity index (χ3v) is 4.32. The number of likely N-dealkylation sites (tertiary alicyclic amines) is 1. The zero-order valence-corrected chi connectivity index (χ0v) is 14.4. The van der Waals surface area contributed by atoms with Crippen molar-refractivity contribution in [1.82, 2.24) is 4.90 Å². The molecule has 0 aliphatic carbocycles. The lowest BCUT2D eigenvalue weighted by Crippen LogP contribution is -2.27. The topological polar surface area (TPSA) is 49.4 Å². The van der Waals surface area contributed by atoms with E-state index < -0.39 is 0 Å². The van der Waals surface area contributed by atoms with E-state index in [1.807, 2.05) is 4.90 Å². The van der Waals surface area contributed by atoms with Crippen LogP contribution in [0.15, 0.2) is 42.5 Å². The fourth-order valence-corrected chi connectivity index (χ4v) is 3.25. The van der Waals surface area contributed by atoms with Gasteiger partial charge in [0, 0.05) is 39.9 Å². The maximum atomic E-state index is 12.4. The van der Waals surface area contributed by atoms with Crippen molar-refractivity contribution < 1.29 is 9.59 Å². The number of carbonyl (C=O) groups excluding carboxylic acids is 2. The number of hydrogen-bond acceptors (Lipinski definition) is 2. The van der Waals surface area contributed by atoms with E-state index in [4.69, 9.17) is 23.2 Å². The smallest absolute Gasteiger partial charge is 0.255 e. The van der Waals surface area contributed by atoms with Crippen molar-refractivity contribution in [2.45, 2.75) is 12.8 Å². The molecule has 1 saturated heterocycles. The van der Waals surface area contributed by atoms with Crippen molar-refractivity contribution in [3.05, 3.63) is 63.6 Å². The van der Waals surface area contributed by atoms with E-state index in [-0.39, 0.29) is 11.8 Å². The summed E-state index contributed by atoms with van der Waals surface area (Å²) in [4.78, 5) is 26.6. The quantitative estimate of drug-likeness (QED) is 0.874. The molecule has 1 aliphatic rings. The summed E-state index contributed by atoms with van der Waals surface area (Å²) in [6.07, 6.45) is 2.08. The van der Waals surface area contributed by atoms with Gasteiger partial charge in [-0.1, -0.05) is 29.3 Å². The third-order valence-electron chi connectivity index (χ3n) is 3.89. The van der Waals surface area contributed by atoms with Gasteiger partial charge in [0.2, 0.25) is 0 Å². The summed E-state index contributed by atoms with van der Waals surface area (Å²) >= 11 is 11.8. The highest BCUT2D eigenvalue weighted by Gasteiger charge is 2.19. The summed E-state index contributed by atoms with van der Waals surface area (Å²) in [6, 6.07) is 11.6. The van der Waals surface area contributed by atoms with Crippen LogP contribution in [-0.4, -0.2) is 29.8 Å². The first kappa shape index (κ1) is 16.8. The third kappa shape index (κ3) is 3.89. The van der Waals surface area contributed by atoms with Gasteiger partial charge in [-0.25, -0.2) is 0 Å². The second-order valence-electron chi connectivity index (χ2n) is 5.69. The number of hydrogen-bond donors (Lipinski definition) is 1. The van der Waals surface area contributed by atoms with Crippen molar-refractivity contribution in [1.29, 1.82) is 0 Å². The second-order valence-corrected chi connectivity index (χ2v) is 6.57. The first-order valence-corrected chi connectivity index (χ1v) is 8.45. The molecule has 0 saturated carbocycles. The molecule has 6 heteroatoms. The molecule has 1 heterocycles. The van der Waals surface area contributed by atoms with Crippen LogP contribution in [0.4, 0.5) is 5.69 Å². The molecule has 1 N–H and O–H groups in total. The van der Waals surface area contributed by atoms with Crippen LogP contribution in [0, 0.1) is 0 Å². The molecule has 2 aromatic rings. The molecule has 1 fully saturated rings. The number of amides is 2. The number of halogens is 2. The lowest BCUT2D eigenvalue weighted by molar-refractivity contribution is 0.0792. The maximum absolute atomic E-state index is 12.4. The Bertz CT molecular complexity index is 766. The first-order chi connectivity index (χ1) is 11.5. The van der Waals surface area contributed by atoms with E-state index >= 15 is 0 Å². The first-order valence-electron chi connectivity index (χ1n) is 7.70. The van der Waals surface area contributed by atoms with Gasteiger partial charge in [-0.05, 0) is 49.2 Å². The molecule has 4 nitrogen and oxygen atoms in total. The Morgan fingerprint density at radius 2 is 1.58 bits per heavy atom. The fourth-order valence-electron chi connectivity index (χ4n) is 2.72. The number of nitrogens with one attached hydrogen (secondary N) is 1. The summed E-state index contributed by atoms with van der Waals surface area (Å²) in [5.41, 5.74) is 1.49. The molecule has 3 rings (SSSR count). The second kappa shape index (κ2) is 7.24. The average molecular weight is 363 g/mol. The van der Waals surface area contributed by atoms with Gasteiger partial charge in [-0.3, -0.25) is 9.59 Å². The molecular weight excluding hydrogens is 347 g/mol. The fraction of sp³-hybridized carbons (Fsp3) is 0.222.